The molecule has 1 N–H and O–H groups in total. The molecule has 0 aliphatic carbocycles. The van der Waals surface area contributed by atoms with Gasteiger partial charge in [-0.1, -0.05) is 20.8 Å². The van der Waals surface area contributed by atoms with Crippen molar-refractivity contribution in [2.24, 2.45) is 5.41 Å². The smallest absolute Gasteiger partial charge is 0.305 e. The summed E-state index contributed by atoms with van der Waals surface area (Å²) in [4.78, 5) is 11.1. The van der Waals surface area contributed by atoms with Gasteiger partial charge in [0.1, 0.15) is 6.10 Å². The highest BCUT2D eigenvalue weighted by molar-refractivity contribution is 5.67. The number of hydrogen-bond acceptors (Lipinski definition) is 5. The van der Waals surface area contributed by atoms with E-state index >= 15 is 0 Å². The predicted octanol–water partition coefficient (Wildman–Crippen LogP) is 1.97. The lowest BCUT2D eigenvalue weighted by molar-refractivity contribution is -0.139. The fourth-order valence-corrected chi connectivity index (χ4v) is 2.55. The molecule has 0 saturated carbocycles. The summed E-state index contributed by atoms with van der Waals surface area (Å²) in [5.74, 6) is -0.220. The zero-order valence-electron chi connectivity index (χ0n) is 12.4. The fourth-order valence-electron chi connectivity index (χ4n) is 2.55. The van der Waals surface area contributed by atoms with Gasteiger partial charge in [-0.25, -0.2) is 4.68 Å². The van der Waals surface area contributed by atoms with Crippen molar-refractivity contribution in [3.63, 3.8) is 0 Å². The van der Waals surface area contributed by atoms with E-state index in [0.717, 1.165) is 12.8 Å². The number of hydrogen-bond donors (Lipinski definition) is 1. The quantitative estimate of drug-likeness (QED) is 0.908. The van der Waals surface area contributed by atoms with E-state index in [1.165, 1.54) is 0 Å². The van der Waals surface area contributed by atoms with E-state index in [2.05, 4.69) is 15.5 Å². The van der Waals surface area contributed by atoms with Crippen LogP contribution in [0.25, 0.3) is 0 Å². The second-order valence-corrected chi connectivity index (χ2v) is 6.47. The normalized spacial score (nSPS) is 24.8. The molecular formula is C13H22N4O3. The minimum absolute atomic E-state index is 0.0101. The lowest BCUT2D eigenvalue weighted by atomic mass is 9.84. The minimum atomic E-state index is -0.855. The molecule has 112 valence electrons. The number of ether oxygens (including phenoxy) is 1. The number of tetrazole rings is 1. The Labute approximate surface area is 118 Å². The van der Waals surface area contributed by atoms with Gasteiger partial charge in [-0.2, -0.15) is 0 Å². The SMILES string of the molecule is CC1CCC(c2nnnn2C(CC(=O)O)C(C)(C)C)O1. The van der Waals surface area contributed by atoms with Crippen LogP contribution in [-0.4, -0.2) is 37.4 Å². The Balaban J connectivity index is 2.30. The van der Waals surface area contributed by atoms with E-state index in [0.29, 0.717) is 5.82 Å². The Morgan fingerprint density at radius 2 is 2.20 bits per heavy atom. The minimum Gasteiger partial charge on any atom is -0.481 e. The number of carbonyl (C=O) groups is 1. The van der Waals surface area contributed by atoms with Gasteiger partial charge in [0.25, 0.3) is 0 Å². The van der Waals surface area contributed by atoms with Crippen LogP contribution in [0, 0.1) is 5.41 Å². The Kier molecular flexibility index (Phi) is 4.08. The second kappa shape index (κ2) is 5.47. The number of carboxylic acid groups (broad SMARTS) is 1. The summed E-state index contributed by atoms with van der Waals surface area (Å²) in [6.07, 6.45) is 1.88. The first kappa shape index (κ1) is 14.9. The lowest BCUT2D eigenvalue weighted by Gasteiger charge is -2.30. The monoisotopic (exact) mass is 282 g/mol. The molecule has 0 spiro atoms. The molecule has 1 aromatic heterocycles. The summed E-state index contributed by atoms with van der Waals surface area (Å²) in [5, 5.41) is 20.9. The second-order valence-electron chi connectivity index (χ2n) is 6.47. The van der Waals surface area contributed by atoms with E-state index in [1.54, 1.807) is 4.68 Å². The van der Waals surface area contributed by atoms with E-state index < -0.39 is 5.97 Å². The van der Waals surface area contributed by atoms with Gasteiger partial charge >= 0.3 is 5.97 Å². The van der Waals surface area contributed by atoms with Crippen molar-refractivity contribution in [2.75, 3.05) is 0 Å². The Morgan fingerprint density at radius 1 is 1.50 bits per heavy atom. The van der Waals surface area contributed by atoms with Crippen LogP contribution < -0.4 is 0 Å². The van der Waals surface area contributed by atoms with Gasteiger partial charge in [-0.3, -0.25) is 4.79 Å². The summed E-state index contributed by atoms with van der Waals surface area (Å²) in [6, 6.07) is -0.301. The maximum Gasteiger partial charge on any atom is 0.305 e. The molecule has 0 amide bonds. The van der Waals surface area contributed by atoms with Crippen molar-refractivity contribution in [2.45, 2.75) is 65.2 Å². The number of rotatable bonds is 4. The standard InChI is InChI=1S/C13H22N4O3/c1-8-5-6-9(20-8)12-14-15-16-17(12)10(7-11(18)19)13(2,3)4/h8-10H,5-7H2,1-4H3,(H,18,19). The molecular weight excluding hydrogens is 260 g/mol. The number of aliphatic carboxylic acids is 1. The summed E-state index contributed by atoms with van der Waals surface area (Å²) in [5.41, 5.74) is -0.257. The molecule has 1 fully saturated rings. The molecule has 1 saturated heterocycles. The topological polar surface area (TPSA) is 90.1 Å². The third-order valence-electron chi connectivity index (χ3n) is 3.70. The third kappa shape index (κ3) is 3.15. The Bertz CT molecular complexity index is 480. The molecule has 7 nitrogen and oxygen atoms in total. The van der Waals surface area contributed by atoms with Gasteiger partial charge in [0.05, 0.1) is 18.6 Å². The number of aromatic nitrogens is 4. The van der Waals surface area contributed by atoms with Crippen LogP contribution in [0.15, 0.2) is 0 Å². The summed E-state index contributed by atoms with van der Waals surface area (Å²) in [6.45, 7) is 7.99. The zero-order valence-corrected chi connectivity index (χ0v) is 12.4. The molecule has 0 radical (unpaired) electrons. The van der Waals surface area contributed by atoms with Gasteiger partial charge in [-0.05, 0) is 35.6 Å². The van der Waals surface area contributed by atoms with Gasteiger partial charge in [-0.15, -0.1) is 5.10 Å². The lowest BCUT2D eigenvalue weighted by Crippen LogP contribution is -2.30. The molecule has 0 aromatic carbocycles. The molecule has 1 aliphatic rings. The van der Waals surface area contributed by atoms with Crippen LogP contribution in [0.1, 0.15) is 64.9 Å². The van der Waals surface area contributed by atoms with Crippen LogP contribution in [0.2, 0.25) is 0 Å². The summed E-state index contributed by atoms with van der Waals surface area (Å²) >= 11 is 0. The molecule has 1 aliphatic heterocycles. The highest BCUT2D eigenvalue weighted by Gasteiger charge is 2.35. The molecule has 7 heteroatoms. The van der Waals surface area contributed by atoms with Crippen LogP contribution in [0.5, 0.6) is 0 Å². The van der Waals surface area contributed by atoms with Gasteiger partial charge in [0.2, 0.25) is 0 Å². The van der Waals surface area contributed by atoms with E-state index in [4.69, 9.17) is 9.84 Å². The summed E-state index contributed by atoms with van der Waals surface area (Å²) < 4.78 is 7.44. The van der Waals surface area contributed by atoms with Crippen molar-refractivity contribution in [3.05, 3.63) is 5.82 Å². The van der Waals surface area contributed by atoms with Gasteiger partial charge < -0.3 is 9.84 Å². The maximum absolute atomic E-state index is 11.1. The van der Waals surface area contributed by atoms with Crippen molar-refractivity contribution in [1.29, 1.82) is 0 Å². The van der Waals surface area contributed by atoms with E-state index in [-0.39, 0.29) is 30.1 Å². The van der Waals surface area contributed by atoms with Crippen molar-refractivity contribution in [1.82, 2.24) is 20.2 Å². The van der Waals surface area contributed by atoms with E-state index in [9.17, 15) is 4.79 Å². The molecule has 0 bridgehead atoms. The van der Waals surface area contributed by atoms with Crippen molar-refractivity contribution < 1.29 is 14.6 Å². The highest BCUT2D eigenvalue weighted by atomic mass is 16.5. The van der Waals surface area contributed by atoms with Crippen LogP contribution in [0.4, 0.5) is 0 Å². The first-order chi connectivity index (χ1) is 9.29. The zero-order chi connectivity index (χ0) is 14.9. The van der Waals surface area contributed by atoms with Crippen LogP contribution >= 0.6 is 0 Å². The van der Waals surface area contributed by atoms with E-state index in [1.807, 2.05) is 27.7 Å². The molecule has 3 atom stereocenters. The van der Waals surface area contributed by atoms with Crippen molar-refractivity contribution >= 4 is 5.97 Å². The Hall–Kier alpha value is -1.50. The Morgan fingerprint density at radius 3 is 2.70 bits per heavy atom. The largest absolute Gasteiger partial charge is 0.481 e. The molecule has 1 aromatic rings. The molecule has 2 heterocycles. The predicted molar refractivity (Wildman–Crippen MR) is 71.1 cm³/mol. The molecule has 3 unspecified atom stereocenters. The van der Waals surface area contributed by atoms with Crippen molar-refractivity contribution in [3.8, 4) is 0 Å². The first-order valence-corrected chi connectivity index (χ1v) is 6.94. The number of carboxylic acids is 1. The summed E-state index contributed by atoms with van der Waals surface area (Å²) in [7, 11) is 0. The van der Waals surface area contributed by atoms with Crippen LogP contribution in [-0.2, 0) is 9.53 Å². The number of nitrogens with zero attached hydrogens (tertiary/aromatic N) is 4. The highest BCUT2D eigenvalue weighted by Crippen LogP contribution is 2.37. The fraction of sp³-hybridized carbons (Fsp3) is 0.846. The molecule has 20 heavy (non-hydrogen) atoms. The first-order valence-electron chi connectivity index (χ1n) is 6.94. The third-order valence-corrected chi connectivity index (χ3v) is 3.70. The maximum atomic E-state index is 11.1. The van der Waals surface area contributed by atoms with Gasteiger partial charge in [0.15, 0.2) is 5.82 Å². The average Bonchev–Trinajstić information content (AvgIpc) is 2.92. The van der Waals surface area contributed by atoms with Crippen LogP contribution in [0.3, 0.4) is 0 Å². The van der Waals surface area contributed by atoms with Gasteiger partial charge in [0, 0.05) is 0 Å². The molecule has 2 rings (SSSR count). The average molecular weight is 282 g/mol.